The van der Waals surface area contributed by atoms with E-state index in [4.69, 9.17) is 11.5 Å². The molecule has 0 spiro atoms. The molecule has 1 heterocycles. The van der Waals surface area contributed by atoms with Gasteiger partial charge in [0.15, 0.2) is 0 Å². The highest BCUT2D eigenvalue weighted by molar-refractivity contribution is 6.21. The molecule has 84 valence electrons. The summed E-state index contributed by atoms with van der Waals surface area (Å²) in [5.74, 6) is -0.673. The van der Waals surface area contributed by atoms with Gasteiger partial charge in [0.05, 0.1) is 5.69 Å². The fourth-order valence-electron chi connectivity index (χ4n) is 1.84. The number of nitrogens with two attached hydrogens (primary N) is 2. The number of nitrogen functional groups attached to an aromatic ring is 2. The van der Waals surface area contributed by atoms with Crippen LogP contribution in [0.2, 0.25) is 0 Å². The van der Waals surface area contributed by atoms with E-state index in [-0.39, 0.29) is 24.2 Å². The molecule has 5 nitrogen and oxygen atoms in total. The summed E-state index contributed by atoms with van der Waals surface area (Å²) < 4.78 is 0. The molecule has 1 aromatic carbocycles. The number of hydrogen-bond acceptors (Lipinski definition) is 4. The quantitative estimate of drug-likeness (QED) is 0.538. The second kappa shape index (κ2) is 3.52. The molecule has 1 aromatic rings. The van der Waals surface area contributed by atoms with E-state index in [1.807, 2.05) is 0 Å². The van der Waals surface area contributed by atoms with Crippen molar-refractivity contribution < 1.29 is 9.59 Å². The second-order valence-electron chi connectivity index (χ2n) is 4.03. The van der Waals surface area contributed by atoms with Gasteiger partial charge in [0, 0.05) is 23.7 Å². The molecule has 5 heteroatoms. The first kappa shape index (κ1) is 10.5. The van der Waals surface area contributed by atoms with Crippen LogP contribution in [0.1, 0.15) is 13.3 Å². The maximum absolute atomic E-state index is 11.8. The highest BCUT2D eigenvalue weighted by Crippen LogP contribution is 2.29. The number of benzene rings is 1. The minimum Gasteiger partial charge on any atom is -0.399 e. The van der Waals surface area contributed by atoms with Crippen LogP contribution in [0.15, 0.2) is 18.2 Å². The largest absolute Gasteiger partial charge is 0.399 e. The molecule has 1 saturated heterocycles. The Bertz CT molecular complexity index is 450. The van der Waals surface area contributed by atoms with E-state index in [2.05, 4.69) is 0 Å². The Hall–Kier alpha value is -2.04. The van der Waals surface area contributed by atoms with Gasteiger partial charge in [-0.05, 0) is 18.2 Å². The zero-order chi connectivity index (χ0) is 11.9. The van der Waals surface area contributed by atoms with Crippen molar-refractivity contribution in [3.8, 4) is 0 Å². The molecule has 1 aliphatic heterocycles. The van der Waals surface area contributed by atoms with Crippen LogP contribution in [-0.4, -0.2) is 11.8 Å². The summed E-state index contributed by atoms with van der Waals surface area (Å²) in [5, 5.41) is 0. The molecule has 16 heavy (non-hydrogen) atoms. The van der Waals surface area contributed by atoms with Crippen molar-refractivity contribution in [2.24, 2.45) is 5.92 Å². The summed E-state index contributed by atoms with van der Waals surface area (Å²) in [6, 6.07) is 4.73. The van der Waals surface area contributed by atoms with Crippen LogP contribution in [0.3, 0.4) is 0 Å². The van der Waals surface area contributed by atoms with Gasteiger partial charge in [0.1, 0.15) is 0 Å². The fraction of sp³-hybridized carbons (Fsp3) is 0.273. The molecule has 0 aromatic heterocycles. The third kappa shape index (κ3) is 1.60. The van der Waals surface area contributed by atoms with Crippen molar-refractivity contribution in [1.82, 2.24) is 0 Å². The van der Waals surface area contributed by atoms with Crippen LogP contribution in [0.5, 0.6) is 0 Å². The Kier molecular flexibility index (Phi) is 2.30. The molecule has 0 radical (unpaired) electrons. The first-order chi connectivity index (χ1) is 7.49. The van der Waals surface area contributed by atoms with Crippen LogP contribution in [0, 0.1) is 5.92 Å². The molecule has 0 aliphatic carbocycles. The Morgan fingerprint density at radius 3 is 2.19 bits per heavy atom. The average Bonchev–Trinajstić information content (AvgIpc) is 2.39. The number of rotatable bonds is 1. The molecule has 2 amide bonds. The highest BCUT2D eigenvalue weighted by Gasteiger charge is 2.36. The predicted octanol–water partition coefficient (Wildman–Crippen LogP) is 0.750. The SMILES string of the molecule is CC1CC(=O)N(c2cc(N)cc(N)c2)C1=O. The first-order valence-corrected chi connectivity index (χ1v) is 5.02. The van der Waals surface area contributed by atoms with Gasteiger partial charge in [0.2, 0.25) is 11.8 Å². The van der Waals surface area contributed by atoms with E-state index >= 15 is 0 Å². The Morgan fingerprint density at radius 2 is 1.75 bits per heavy atom. The van der Waals surface area contributed by atoms with Crippen molar-refractivity contribution in [1.29, 1.82) is 0 Å². The van der Waals surface area contributed by atoms with E-state index in [1.165, 1.54) is 0 Å². The van der Waals surface area contributed by atoms with Crippen LogP contribution >= 0.6 is 0 Å². The Labute approximate surface area is 93.0 Å². The molecule has 1 unspecified atom stereocenters. The summed E-state index contributed by atoms with van der Waals surface area (Å²) in [6.45, 7) is 1.73. The van der Waals surface area contributed by atoms with Gasteiger partial charge in [0.25, 0.3) is 0 Å². The van der Waals surface area contributed by atoms with E-state index in [9.17, 15) is 9.59 Å². The lowest BCUT2D eigenvalue weighted by atomic mass is 10.1. The number of hydrogen-bond donors (Lipinski definition) is 2. The van der Waals surface area contributed by atoms with Gasteiger partial charge in [-0.2, -0.15) is 0 Å². The van der Waals surface area contributed by atoms with Crippen LogP contribution in [0.4, 0.5) is 17.1 Å². The lowest BCUT2D eigenvalue weighted by Gasteiger charge is -2.15. The number of carbonyl (C=O) groups is 2. The molecular formula is C11H13N3O2. The number of carbonyl (C=O) groups excluding carboxylic acids is 2. The smallest absolute Gasteiger partial charge is 0.237 e. The van der Waals surface area contributed by atoms with Crippen LogP contribution in [-0.2, 0) is 9.59 Å². The van der Waals surface area contributed by atoms with Gasteiger partial charge in [-0.15, -0.1) is 0 Å². The summed E-state index contributed by atoms with van der Waals surface area (Å²) >= 11 is 0. The maximum atomic E-state index is 11.8. The van der Waals surface area contributed by atoms with E-state index in [0.717, 1.165) is 4.90 Å². The molecule has 2 rings (SSSR count). The molecule has 0 saturated carbocycles. The average molecular weight is 219 g/mol. The van der Waals surface area contributed by atoms with Crippen molar-refractivity contribution in [2.45, 2.75) is 13.3 Å². The van der Waals surface area contributed by atoms with Crippen LogP contribution < -0.4 is 16.4 Å². The molecule has 0 bridgehead atoms. The lowest BCUT2D eigenvalue weighted by Crippen LogP contribution is -2.30. The van der Waals surface area contributed by atoms with Crippen molar-refractivity contribution >= 4 is 28.9 Å². The van der Waals surface area contributed by atoms with E-state index < -0.39 is 0 Å². The number of imide groups is 1. The van der Waals surface area contributed by atoms with Gasteiger partial charge < -0.3 is 11.5 Å². The van der Waals surface area contributed by atoms with E-state index in [1.54, 1.807) is 25.1 Å². The monoisotopic (exact) mass is 219 g/mol. The molecular weight excluding hydrogens is 206 g/mol. The highest BCUT2D eigenvalue weighted by atomic mass is 16.2. The Balaban J connectivity index is 2.44. The Morgan fingerprint density at radius 1 is 1.19 bits per heavy atom. The lowest BCUT2D eigenvalue weighted by molar-refractivity contribution is -0.122. The van der Waals surface area contributed by atoms with Crippen molar-refractivity contribution in [3.05, 3.63) is 18.2 Å². The zero-order valence-electron chi connectivity index (χ0n) is 8.93. The van der Waals surface area contributed by atoms with E-state index in [0.29, 0.717) is 17.1 Å². The topological polar surface area (TPSA) is 89.4 Å². The number of amides is 2. The maximum Gasteiger partial charge on any atom is 0.237 e. The minimum atomic E-state index is -0.268. The summed E-state index contributed by atoms with van der Waals surface area (Å²) in [7, 11) is 0. The molecule has 4 N–H and O–H groups in total. The summed E-state index contributed by atoms with van der Waals surface area (Å²) in [5.41, 5.74) is 12.6. The molecule has 1 fully saturated rings. The number of anilines is 3. The standard InChI is InChI=1S/C11H13N3O2/c1-6-2-10(15)14(11(6)16)9-4-7(12)3-8(13)5-9/h3-6H,2,12-13H2,1H3. The van der Waals surface area contributed by atoms with Gasteiger partial charge >= 0.3 is 0 Å². The molecule has 1 aliphatic rings. The van der Waals surface area contributed by atoms with Crippen molar-refractivity contribution in [3.63, 3.8) is 0 Å². The van der Waals surface area contributed by atoms with Gasteiger partial charge in [-0.1, -0.05) is 6.92 Å². The fourth-order valence-corrected chi connectivity index (χ4v) is 1.84. The summed E-state index contributed by atoms with van der Waals surface area (Å²) in [6.07, 6.45) is 0.244. The molecule has 1 atom stereocenters. The van der Waals surface area contributed by atoms with Gasteiger partial charge in [-0.3, -0.25) is 14.5 Å². The van der Waals surface area contributed by atoms with Crippen LogP contribution in [0.25, 0.3) is 0 Å². The van der Waals surface area contributed by atoms with Gasteiger partial charge in [-0.25, -0.2) is 0 Å². The normalized spacial score (nSPS) is 20.6. The second-order valence-corrected chi connectivity index (χ2v) is 4.03. The summed E-state index contributed by atoms with van der Waals surface area (Å²) in [4.78, 5) is 24.6. The third-order valence-electron chi connectivity index (χ3n) is 2.59. The van der Waals surface area contributed by atoms with Crippen molar-refractivity contribution in [2.75, 3.05) is 16.4 Å². The minimum absolute atomic E-state index is 0.199. The predicted molar refractivity (Wildman–Crippen MR) is 61.5 cm³/mol. The third-order valence-corrected chi connectivity index (χ3v) is 2.59. The number of nitrogens with zero attached hydrogens (tertiary/aromatic N) is 1. The first-order valence-electron chi connectivity index (χ1n) is 5.02. The zero-order valence-corrected chi connectivity index (χ0v) is 8.93.